The van der Waals surface area contributed by atoms with Crippen molar-refractivity contribution < 1.29 is 55.8 Å². The van der Waals surface area contributed by atoms with Crippen molar-refractivity contribution in [1.82, 2.24) is 0 Å². The summed E-state index contributed by atoms with van der Waals surface area (Å²) < 4.78 is 0. The van der Waals surface area contributed by atoms with E-state index in [1.807, 2.05) is 26.0 Å². The third-order valence-electron chi connectivity index (χ3n) is 4.35. The second-order valence-electron chi connectivity index (χ2n) is 6.89. The second kappa shape index (κ2) is 16.3. The molecule has 0 spiro atoms. The minimum atomic E-state index is -0.598. The molecule has 6 heteroatoms. The second-order valence-corrected chi connectivity index (χ2v) is 7.89. The summed E-state index contributed by atoms with van der Waals surface area (Å²) in [5.41, 5.74) is 8.49. The summed E-state index contributed by atoms with van der Waals surface area (Å²) in [6.07, 6.45) is 0. The molecule has 0 aliphatic carbocycles. The van der Waals surface area contributed by atoms with Gasteiger partial charge in [0.05, 0.1) is 5.91 Å². The van der Waals surface area contributed by atoms with Gasteiger partial charge >= 0.3 is 26.2 Å². The molecule has 4 rings (SSSR count). The zero-order valence-electron chi connectivity index (χ0n) is 18.2. The largest absolute Gasteiger partial charge is 4.00 e. The third-order valence-corrected chi connectivity index (χ3v) is 4.35. The zero-order chi connectivity index (χ0) is 20.5. The molecule has 4 aromatic carbocycles. The molecule has 4 aromatic rings. The maximum atomic E-state index is 10.8. The van der Waals surface area contributed by atoms with Crippen LogP contribution in [0.4, 0.5) is 0 Å². The number of hydrogen-bond donors (Lipinski definition) is 0. The molecule has 1 amide bonds. The fourth-order valence-electron chi connectivity index (χ4n) is 3.11. The van der Waals surface area contributed by atoms with Crippen LogP contribution in [0.1, 0.15) is 35.7 Å². The molecule has 31 heavy (non-hydrogen) atoms. The molecule has 0 atom stereocenters. The Hall–Kier alpha value is -1.32. The Labute approximate surface area is 220 Å². The molecule has 0 heterocycles. The zero-order valence-corrected chi connectivity index (χ0v) is 23.2. The Morgan fingerprint density at radius 3 is 1.58 bits per heavy atom. The molecule has 0 aliphatic heterocycles. The Morgan fingerprint density at radius 1 is 0.806 bits per heavy atom. The van der Waals surface area contributed by atoms with E-state index in [-0.39, 0.29) is 51.0 Å². The fraction of sp³-hybridized carbons (Fsp3) is 0.200. The average Bonchev–Trinajstić information content (AvgIpc) is 3.08. The van der Waals surface area contributed by atoms with Crippen LogP contribution in [-0.4, -0.2) is 15.4 Å². The number of benzene rings is 3. The third kappa shape index (κ3) is 8.98. The molecular formula is C25H27Cl2NOSiZr. The Bertz CT molecular complexity index is 1000. The Kier molecular flexibility index (Phi) is 16.8. The number of amides is 1. The van der Waals surface area contributed by atoms with Gasteiger partial charge in [0, 0.05) is 15.1 Å². The van der Waals surface area contributed by atoms with Crippen LogP contribution < -0.4 is 24.8 Å². The maximum Gasteiger partial charge on any atom is 4.00 e. The van der Waals surface area contributed by atoms with Crippen molar-refractivity contribution in [3.8, 4) is 0 Å². The van der Waals surface area contributed by atoms with Crippen LogP contribution in [0.3, 0.4) is 0 Å². The first-order valence-corrected chi connectivity index (χ1v) is 11.5. The van der Waals surface area contributed by atoms with Crippen LogP contribution >= 0.6 is 0 Å². The normalized spacial score (nSPS) is 9.19. The quantitative estimate of drug-likeness (QED) is 0.277. The molecule has 0 unspecified atom stereocenters. The maximum absolute atomic E-state index is 10.8. The summed E-state index contributed by atoms with van der Waals surface area (Å²) in [5, 5.41) is 5.39. The minimum absolute atomic E-state index is 0. The Morgan fingerprint density at radius 2 is 1.19 bits per heavy atom. The average molecular weight is 548 g/mol. The molecule has 160 valence electrons. The van der Waals surface area contributed by atoms with Gasteiger partial charge in [-0.15, -0.1) is 39.7 Å². The van der Waals surface area contributed by atoms with Crippen LogP contribution in [0.15, 0.2) is 78.9 Å². The van der Waals surface area contributed by atoms with Gasteiger partial charge in [0.2, 0.25) is 0 Å². The summed E-state index contributed by atoms with van der Waals surface area (Å²) in [7, 11) is 1.08. The number of fused-ring (bicyclic) bond motifs is 3. The van der Waals surface area contributed by atoms with E-state index in [0.29, 0.717) is 11.5 Å². The number of rotatable bonds is 2. The van der Waals surface area contributed by atoms with Crippen molar-refractivity contribution in [3.63, 3.8) is 0 Å². The van der Waals surface area contributed by atoms with E-state index >= 15 is 0 Å². The molecule has 0 saturated carbocycles. The number of carbonyl (C=O) groups excluding carboxylic acids is 1. The molecular weight excluding hydrogens is 520 g/mol. The van der Waals surface area contributed by atoms with E-state index in [0.717, 1.165) is 15.1 Å². The molecule has 2 nitrogen and oxygen atoms in total. The number of halogens is 2. The van der Waals surface area contributed by atoms with Gasteiger partial charge in [-0.1, -0.05) is 87.6 Å². The topological polar surface area (TPSA) is 40.9 Å². The summed E-state index contributed by atoms with van der Waals surface area (Å²) in [6.45, 7) is 8.34. The predicted octanol–water partition coefficient (Wildman–Crippen LogP) is 1.51. The van der Waals surface area contributed by atoms with Gasteiger partial charge < -0.3 is 35.3 Å². The summed E-state index contributed by atoms with van der Waals surface area (Å²) >= 11 is 0. The monoisotopic (exact) mass is 545 g/mol. The summed E-state index contributed by atoms with van der Waals surface area (Å²) in [5.74, 6) is -0.296. The van der Waals surface area contributed by atoms with E-state index in [1.54, 1.807) is 12.1 Å². The molecule has 2 radical (unpaired) electrons. The van der Waals surface area contributed by atoms with Crippen molar-refractivity contribution in [3.05, 3.63) is 95.7 Å². The van der Waals surface area contributed by atoms with Crippen LogP contribution in [0, 0.1) is 0 Å². The van der Waals surface area contributed by atoms with E-state index in [1.165, 1.54) is 21.5 Å². The number of nitrogens with one attached hydrogen (secondary N) is 1. The van der Waals surface area contributed by atoms with Crippen LogP contribution in [0.2, 0.25) is 13.1 Å². The first-order valence-electron chi connectivity index (χ1n) is 9.46. The first kappa shape index (κ1) is 31.9. The van der Waals surface area contributed by atoms with Crippen molar-refractivity contribution in [2.75, 3.05) is 0 Å². The van der Waals surface area contributed by atoms with E-state index in [9.17, 15) is 4.79 Å². The van der Waals surface area contributed by atoms with Crippen molar-refractivity contribution in [2.24, 2.45) is 0 Å². The van der Waals surface area contributed by atoms with Gasteiger partial charge in [-0.3, -0.25) is 0 Å². The summed E-state index contributed by atoms with van der Waals surface area (Å²) in [6, 6.07) is 26.5. The number of carbonyl (C=O) groups is 1. The van der Waals surface area contributed by atoms with Gasteiger partial charge in [-0.05, 0) is 11.5 Å². The Balaban J connectivity index is 0. The molecule has 0 aliphatic rings. The van der Waals surface area contributed by atoms with Crippen LogP contribution in [0.5, 0.6) is 0 Å². The molecule has 0 saturated heterocycles. The molecule has 0 aromatic heterocycles. The van der Waals surface area contributed by atoms with Crippen molar-refractivity contribution in [1.29, 1.82) is 0 Å². The van der Waals surface area contributed by atoms with E-state index in [2.05, 4.69) is 67.7 Å². The SMILES string of the molecule is CC(C)c1ccccc1C([NH-])=O.C[Si]C.[Cl-].[Cl-].[Zr+4].c1ccc2c(c1)[cH-]c1ccccc12. The predicted molar refractivity (Wildman–Crippen MR) is 124 cm³/mol. The van der Waals surface area contributed by atoms with Gasteiger partial charge in [-0.25, -0.2) is 0 Å². The van der Waals surface area contributed by atoms with Gasteiger partial charge in [0.1, 0.15) is 0 Å². The number of hydrogen-bond acceptors (Lipinski definition) is 1. The fourth-order valence-corrected chi connectivity index (χ4v) is 3.11. The molecule has 1 N–H and O–H groups in total. The standard InChI is InChI=1S/C13H9.C10H13NO.C2H6Si.2ClH.Zr/c1-3-7-12-10(5-1)9-11-6-2-4-8-13(11)12;1-7(2)8-5-3-4-6-9(8)10(11)12;1-3-2;;;/h1-9H;3-7H,1-2H3,(H2,11,12);1-2H3;2*1H;/q-1;;;;;+4/p-3. The van der Waals surface area contributed by atoms with E-state index < -0.39 is 5.91 Å². The van der Waals surface area contributed by atoms with E-state index in [4.69, 9.17) is 5.73 Å². The molecule has 0 fully saturated rings. The van der Waals surface area contributed by atoms with Crippen LogP contribution in [-0.2, 0) is 26.2 Å². The van der Waals surface area contributed by atoms with Gasteiger partial charge in [0.25, 0.3) is 0 Å². The molecule has 0 bridgehead atoms. The van der Waals surface area contributed by atoms with Crippen molar-refractivity contribution >= 4 is 37.0 Å². The van der Waals surface area contributed by atoms with Crippen molar-refractivity contribution in [2.45, 2.75) is 32.9 Å². The summed E-state index contributed by atoms with van der Waals surface area (Å²) in [4.78, 5) is 10.8. The van der Waals surface area contributed by atoms with Gasteiger partial charge in [0.15, 0.2) is 0 Å². The van der Waals surface area contributed by atoms with Gasteiger partial charge in [-0.2, -0.15) is 0 Å². The van der Waals surface area contributed by atoms with Crippen LogP contribution in [0.25, 0.3) is 27.3 Å². The smallest absolute Gasteiger partial charge is 1.00 e. The first-order chi connectivity index (χ1) is 13.5. The minimum Gasteiger partial charge on any atom is -1.00 e.